The number of rotatable bonds is 3. The molecule has 0 fully saturated rings. The Morgan fingerprint density at radius 3 is 2.62 bits per heavy atom. The average molecular weight is 429 g/mol. The molecular formula is C21H17BrO3S. The summed E-state index contributed by atoms with van der Waals surface area (Å²) in [5.74, 6) is 0.629. The molecular weight excluding hydrogens is 412 g/mol. The first-order chi connectivity index (χ1) is 12.6. The summed E-state index contributed by atoms with van der Waals surface area (Å²) in [4.78, 5) is 13.7. The molecule has 3 aromatic rings. The second kappa shape index (κ2) is 6.97. The number of aryl methyl sites for hydroxylation is 2. The molecule has 0 aliphatic heterocycles. The maximum absolute atomic E-state index is 12.8. The van der Waals surface area contributed by atoms with Crippen molar-refractivity contribution in [3.05, 3.63) is 64.0 Å². The summed E-state index contributed by atoms with van der Waals surface area (Å²) in [6.45, 7) is 0. The Balaban J connectivity index is 2.05. The predicted molar refractivity (Wildman–Crippen MR) is 108 cm³/mol. The van der Waals surface area contributed by atoms with Crippen LogP contribution in [0.1, 0.15) is 21.7 Å². The van der Waals surface area contributed by atoms with E-state index in [9.17, 15) is 4.79 Å². The average Bonchev–Trinajstić information content (AvgIpc) is 3.15. The fraction of sp³-hybridized carbons (Fsp3) is 0.190. The van der Waals surface area contributed by atoms with Crippen LogP contribution in [-0.4, -0.2) is 19.3 Å². The minimum atomic E-state index is -0.307. The molecule has 5 heteroatoms. The van der Waals surface area contributed by atoms with Crippen molar-refractivity contribution >= 4 is 33.7 Å². The fourth-order valence-electron chi connectivity index (χ4n) is 3.58. The topological polar surface area (TPSA) is 39.4 Å². The quantitative estimate of drug-likeness (QED) is 0.379. The lowest BCUT2D eigenvalue weighted by atomic mass is 9.84. The predicted octanol–water partition coefficient (Wildman–Crippen LogP) is 5.98. The molecule has 0 N–H and O–H groups in total. The van der Waals surface area contributed by atoms with E-state index in [0.717, 1.165) is 55.8 Å². The molecule has 0 unspecified atom stereocenters. The number of fused-ring (bicyclic) bond motifs is 3. The van der Waals surface area contributed by atoms with Gasteiger partial charge >= 0.3 is 5.97 Å². The summed E-state index contributed by atoms with van der Waals surface area (Å²) in [6, 6.07) is 12.3. The number of esters is 1. The molecule has 0 saturated heterocycles. The Morgan fingerprint density at radius 2 is 1.92 bits per heavy atom. The standard InChI is InChI=1S/C21H17BrO3S/c1-24-21(23)19-18-13(5-8-17-15(18)9-10-25-17)11-16(20(19)26-2)12-3-6-14(22)7-4-12/h3-4,6-7,9-11H,5,8H2,1-2H3. The van der Waals surface area contributed by atoms with Gasteiger partial charge in [0.25, 0.3) is 0 Å². The summed E-state index contributed by atoms with van der Waals surface area (Å²) in [5.41, 5.74) is 5.91. The van der Waals surface area contributed by atoms with Crippen molar-refractivity contribution < 1.29 is 13.9 Å². The monoisotopic (exact) mass is 428 g/mol. The summed E-state index contributed by atoms with van der Waals surface area (Å²) >= 11 is 5.06. The van der Waals surface area contributed by atoms with E-state index in [1.54, 1.807) is 18.0 Å². The van der Waals surface area contributed by atoms with E-state index < -0.39 is 0 Å². The smallest absolute Gasteiger partial charge is 0.339 e. The van der Waals surface area contributed by atoms with Gasteiger partial charge in [0.15, 0.2) is 0 Å². The van der Waals surface area contributed by atoms with Gasteiger partial charge in [0, 0.05) is 26.9 Å². The van der Waals surface area contributed by atoms with E-state index in [0.29, 0.717) is 5.56 Å². The number of carbonyl (C=O) groups is 1. The van der Waals surface area contributed by atoms with Crippen LogP contribution in [-0.2, 0) is 17.6 Å². The normalized spacial score (nSPS) is 12.4. The zero-order chi connectivity index (χ0) is 18.3. The molecule has 0 amide bonds. The van der Waals surface area contributed by atoms with Crippen LogP contribution >= 0.6 is 27.7 Å². The molecule has 26 heavy (non-hydrogen) atoms. The van der Waals surface area contributed by atoms with Crippen LogP contribution in [0, 0.1) is 0 Å². The third kappa shape index (κ3) is 2.79. The number of hydrogen-bond acceptors (Lipinski definition) is 4. The van der Waals surface area contributed by atoms with Gasteiger partial charge < -0.3 is 9.15 Å². The lowest BCUT2D eigenvalue weighted by Gasteiger charge is -2.23. The second-order valence-electron chi connectivity index (χ2n) is 6.12. The maximum Gasteiger partial charge on any atom is 0.339 e. The first-order valence-corrected chi connectivity index (χ1v) is 10.3. The van der Waals surface area contributed by atoms with Crippen molar-refractivity contribution in [2.45, 2.75) is 17.7 Å². The minimum Gasteiger partial charge on any atom is -0.469 e. The van der Waals surface area contributed by atoms with Crippen molar-refractivity contribution in [2.24, 2.45) is 0 Å². The highest BCUT2D eigenvalue weighted by molar-refractivity contribution is 9.10. The Morgan fingerprint density at radius 1 is 1.15 bits per heavy atom. The number of halogens is 1. The van der Waals surface area contributed by atoms with Gasteiger partial charge in [-0.05, 0) is 53.6 Å². The lowest BCUT2D eigenvalue weighted by Crippen LogP contribution is -2.12. The third-order valence-electron chi connectivity index (χ3n) is 4.75. The first kappa shape index (κ1) is 17.4. The van der Waals surface area contributed by atoms with Crippen LogP contribution in [0.5, 0.6) is 0 Å². The van der Waals surface area contributed by atoms with E-state index in [2.05, 4.69) is 34.1 Å². The molecule has 0 bridgehead atoms. The van der Waals surface area contributed by atoms with E-state index in [1.165, 1.54) is 7.11 Å². The van der Waals surface area contributed by atoms with Crippen LogP contribution in [0.4, 0.5) is 0 Å². The van der Waals surface area contributed by atoms with Crippen LogP contribution in [0.25, 0.3) is 22.3 Å². The molecule has 3 nitrogen and oxygen atoms in total. The molecule has 4 rings (SSSR count). The highest BCUT2D eigenvalue weighted by atomic mass is 79.9. The molecule has 1 aliphatic carbocycles. The Hall–Kier alpha value is -1.98. The lowest BCUT2D eigenvalue weighted by molar-refractivity contribution is 0.0597. The van der Waals surface area contributed by atoms with Gasteiger partial charge in [0.1, 0.15) is 5.76 Å². The summed E-state index contributed by atoms with van der Waals surface area (Å²) in [7, 11) is 1.43. The van der Waals surface area contributed by atoms with Crippen molar-refractivity contribution in [1.82, 2.24) is 0 Å². The maximum atomic E-state index is 12.8. The molecule has 0 saturated carbocycles. The Bertz CT molecular complexity index is 989. The number of benzene rings is 2. The zero-order valence-corrected chi connectivity index (χ0v) is 16.9. The molecule has 1 aliphatic rings. The summed E-state index contributed by atoms with van der Waals surface area (Å²) < 4.78 is 11.8. The zero-order valence-electron chi connectivity index (χ0n) is 14.5. The number of hydrogen-bond donors (Lipinski definition) is 0. The van der Waals surface area contributed by atoms with Gasteiger partial charge in [-0.1, -0.05) is 28.1 Å². The molecule has 0 radical (unpaired) electrons. The van der Waals surface area contributed by atoms with Crippen LogP contribution in [0.15, 0.2) is 56.4 Å². The molecule has 0 spiro atoms. The molecule has 0 atom stereocenters. The first-order valence-electron chi connectivity index (χ1n) is 8.29. The number of furan rings is 1. The van der Waals surface area contributed by atoms with Gasteiger partial charge in [-0.2, -0.15) is 0 Å². The van der Waals surface area contributed by atoms with E-state index in [4.69, 9.17) is 9.15 Å². The van der Waals surface area contributed by atoms with Crippen molar-refractivity contribution in [3.63, 3.8) is 0 Å². The van der Waals surface area contributed by atoms with Crippen molar-refractivity contribution in [1.29, 1.82) is 0 Å². The van der Waals surface area contributed by atoms with Gasteiger partial charge in [-0.3, -0.25) is 0 Å². The van der Waals surface area contributed by atoms with E-state index in [1.807, 2.05) is 24.5 Å². The Labute approximate surface area is 164 Å². The summed E-state index contributed by atoms with van der Waals surface area (Å²) in [5, 5.41) is 0. The minimum absolute atomic E-state index is 0.307. The second-order valence-corrected chi connectivity index (χ2v) is 7.85. The molecule has 1 aromatic heterocycles. The van der Waals surface area contributed by atoms with Gasteiger partial charge in [-0.25, -0.2) is 4.79 Å². The van der Waals surface area contributed by atoms with Crippen LogP contribution in [0.3, 0.4) is 0 Å². The molecule has 1 heterocycles. The van der Waals surface area contributed by atoms with Crippen LogP contribution < -0.4 is 0 Å². The van der Waals surface area contributed by atoms with Gasteiger partial charge in [-0.15, -0.1) is 11.8 Å². The SMILES string of the molecule is COC(=O)c1c(SC)c(-c2ccc(Br)cc2)cc2c1-c1ccoc1CC2. The number of methoxy groups -OCH3 is 1. The largest absolute Gasteiger partial charge is 0.469 e. The third-order valence-corrected chi connectivity index (χ3v) is 6.11. The van der Waals surface area contributed by atoms with E-state index >= 15 is 0 Å². The Kier molecular flexibility index (Phi) is 4.67. The van der Waals surface area contributed by atoms with E-state index in [-0.39, 0.29) is 5.97 Å². The van der Waals surface area contributed by atoms with Gasteiger partial charge in [0.2, 0.25) is 0 Å². The molecule has 132 valence electrons. The number of carbonyl (C=O) groups excluding carboxylic acids is 1. The highest BCUT2D eigenvalue weighted by Gasteiger charge is 2.29. The number of ether oxygens (including phenoxy) is 1. The van der Waals surface area contributed by atoms with Crippen molar-refractivity contribution in [3.8, 4) is 22.3 Å². The van der Waals surface area contributed by atoms with Crippen molar-refractivity contribution in [2.75, 3.05) is 13.4 Å². The van der Waals surface area contributed by atoms with Crippen LogP contribution in [0.2, 0.25) is 0 Å². The highest BCUT2D eigenvalue weighted by Crippen LogP contribution is 2.45. The van der Waals surface area contributed by atoms with Gasteiger partial charge in [0.05, 0.1) is 18.9 Å². The molecule has 2 aromatic carbocycles. The summed E-state index contributed by atoms with van der Waals surface area (Å²) in [6.07, 6.45) is 5.38. The number of thioether (sulfide) groups is 1. The fourth-order valence-corrected chi connectivity index (χ4v) is 4.63.